The van der Waals surface area contributed by atoms with E-state index in [0.29, 0.717) is 17.5 Å². The first-order chi connectivity index (χ1) is 28.3. The summed E-state index contributed by atoms with van der Waals surface area (Å²) in [5, 5.41) is 6.51. The standard InChI is InChI=1S/C51H30N4O2/c1-3-14-31(15-4-1)49-52-50(32-16-5-2-6-17-32)54-51(53-49)39-22-13-26-43-47(39)37-29-28-33(30-45(37)56-43)34-20-12-27-44-46(34)38-21-11-25-42(48(38)57-44)55-40-23-9-7-18-35(40)36-19-8-10-24-41(36)55/h1-30H. The monoisotopic (exact) mass is 730 g/mol. The lowest BCUT2D eigenvalue weighted by Gasteiger charge is -2.09. The van der Waals surface area contributed by atoms with Gasteiger partial charge >= 0.3 is 0 Å². The normalized spacial score (nSPS) is 11.9. The summed E-state index contributed by atoms with van der Waals surface area (Å²) in [6, 6.07) is 62.5. The third-order valence-corrected chi connectivity index (χ3v) is 11.1. The van der Waals surface area contributed by atoms with Crippen LogP contribution < -0.4 is 0 Å². The second-order valence-electron chi connectivity index (χ2n) is 14.3. The Morgan fingerprint density at radius 1 is 0.351 bits per heavy atom. The van der Waals surface area contributed by atoms with Crippen molar-refractivity contribution in [2.45, 2.75) is 0 Å². The van der Waals surface area contributed by atoms with E-state index in [1.54, 1.807) is 0 Å². The number of fused-ring (bicyclic) bond motifs is 9. The van der Waals surface area contributed by atoms with Crippen molar-refractivity contribution in [2.75, 3.05) is 0 Å². The van der Waals surface area contributed by atoms with Gasteiger partial charge in [0, 0.05) is 49.0 Å². The van der Waals surface area contributed by atoms with Gasteiger partial charge in [-0.05, 0) is 53.6 Å². The fraction of sp³-hybridized carbons (Fsp3) is 0. The van der Waals surface area contributed by atoms with E-state index in [0.717, 1.165) is 88.4 Å². The van der Waals surface area contributed by atoms with Crippen molar-refractivity contribution >= 4 is 65.7 Å². The Morgan fingerprint density at radius 2 is 0.895 bits per heavy atom. The predicted molar refractivity (Wildman–Crippen MR) is 230 cm³/mol. The molecule has 0 fully saturated rings. The molecule has 6 heteroatoms. The van der Waals surface area contributed by atoms with Gasteiger partial charge < -0.3 is 13.4 Å². The van der Waals surface area contributed by atoms with E-state index in [-0.39, 0.29) is 0 Å². The first kappa shape index (κ1) is 31.5. The van der Waals surface area contributed by atoms with E-state index < -0.39 is 0 Å². The van der Waals surface area contributed by atoms with Gasteiger partial charge in [-0.2, -0.15) is 0 Å². The summed E-state index contributed by atoms with van der Waals surface area (Å²) < 4.78 is 15.8. The molecule has 0 atom stereocenters. The molecule has 0 N–H and O–H groups in total. The summed E-state index contributed by atoms with van der Waals surface area (Å²) in [5.41, 5.74) is 11.4. The number of hydrogen-bond donors (Lipinski definition) is 0. The molecule has 12 rings (SSSR count). The maximum absolute atomic E-state index is 6.79. The van der Waals surface area contributed by atoms with Crippen molar-refractivity contribution in [1.82, 2.24) is 19.5 Å². The van der Waals surface area contributed by atoms with Crippen molar-refractivity contribution in [3.63, 3.8) is 0 Å². The van der Waals surface area contributed by atoms with Gasteiger partial charge in [-0.15, -0.1) is 0 Å². The molecule has 0 aliphatic carbocycles. The third kappa shape index (κ3) is 4.87. The van der Waals surface area contributed by atoms with E-state index in [9.17, 15) is 0 Å². The van der Waals surface area contributed by atoms with Gasteiger partial charge in [0.25, 0.3) is 0 Å². The zero-order valence-corrected chi connectivity index (χ0v) is 30.4. The van der Waals surface area contributed by atoms with E-state index in [1.807, 2.05) is 72.8 Å². The van der Waals surface area contributed by atoms with Crippen LogP contribution >= 0.6 is 0 Å². The molecule has 57 heavy (non-hydrogen) atoms. The molecule has 6 nitrogen and oxygen atoms in total. The van der Waals surface area contributed by atoms with Crippen LogP contribution in [0.25, 0.3) is 117 Å². The topological polar surface area (TPSA) is 69.9 Å². The van der Waals surface area contributed by atoms with Gasteiger partial charge in [-0.3, -0.25) is 0 Å². The number of nitrogens with zero attached hydrogens (tertiary/aromatic N) is 4. The predicted octanol–water partition coefficient (Wildman–Crippen LogP) is 13.4. The summed E-state index contributed by atoms with van der Waals surface area (Å²) in [6.45, 7) is 0. The molecular weight excluding hydrogens is 701 g/mol. The smallest absolute Gasteiger partial charge is 0.164 e. The number of aromatic nitrogens is 4. The van der Waals surface area contributed by atoms with Crippen LogP contribution in [0.2, 0.25) is 0 Å². The first-order valence-corrected chi connectivity index (χ1v) is 19.0. The highest BCUT2D eigenvalue weighted by molar-refractivity contribution is 6.17. The quantitative estimate of drug-likeness (QED) is 0.176. The van der Waals surface area contributed by atoms with Crippen molar-refractivity contribution in [3.05, 3.63) is 182 Å². The van der Waals surface area contributed by atoms with Crippen molar-refractivity contribution in [2.24, 2.45) is 0 Å². The fourth-order valence-corrected chi connectivity index (χ4v) is 8.54. The first-order valence-electron chi connectivity index (χ1n) is 19.0. The molecule has 0 bridgehead atoms. The van der Waals surface area contributed by atoms with Crippen LogP contribution in [-0.4, -0.2) is 19.5 Å². The second-order valence-corrected chi connectivity index (χ2v) is 14.3. The minimum Gasteiger partial charge on any atom is -0.456 e. The molecular formula is C51H30N4O2. The molecule has 266 valence electrons. The summed E-state index contributed by atoms with van der Waals surface area (Å²) in [6.07, 6.45) is 0. The zero-order valence-electron chi connectivity index (χ0n) is 30.4. The van der Waals surface area contributed by atoms with Crippen LogP contribution in [0.3, 0.4) is 0 Å². The lowest BCUT2D eigenvalue weighted by molar-refractivity contribution is 0.666. The summed E-state index contributed by atoms with van der Waals surface area (Å²) in [5.74, 6) is 1.83. The van der Waals surface area contributed by atoms with Crippen molar-refractivity contribution in [1.29, 1.82) is 0 Å². The third-order valence-electron chi connectivity index (χ3n) is 11.1. The van der Waals surface area contributed by atoms with Crippen LogP contribution in [0.1, 0.15) is 0 Å². The molecule has 0 spiro atoms. The summed E-state index contributed by atoms with van der Waals surface area (Å²) in [7, 11) is 0. The van der Waals surface area contributed by atoms with E-state index >= 15 is 0 Å². The average molecular weight is 731 g/mol. The van der Waals surface area contributed by atoms with E-state index in [4.69, 9.17) is 23.8 Å². The lowest BCUT2D eigenvalue weighted by atomic mass is 9.97. The average Bonchev–Trinajstić information content (AvgIpc) is 3.96. The van der Waals surface area contributed by atoms with Crippen LogP contribution in [0, 0.1) is 0 Å². The lowest BCUT2D eigenvalue weighted by Crippen LogP contribution is -2.00. The number of para-hydroxylation sites is 3. The van der Waals surface area contributed by atoms with Gasteiger partial charge in [0.2, 0.25) is 0 Å². The van der Waals surface area contributed by atoms with Crippen molar-refractivity contribution in [3.8, 4) is 51.0 Å². The largest absolute Gasteiger partial charge is 0.456 e. The number of hydrogen-bond acceptors (Lipinski definition) is 5. The van der Waals surface area contributed by atoms with Crippen LogP contribution in [0.15, 0.2) is 191 Å². The number of rotatable bonds is 5. The molecule has 4 heterocycles. The van der Waals surface area contributed by atoms with E-state index in [1.165, 1.54) is 10.8 Å². The van der Waals surface area contributed by atoms with Crippen LogP contribution in [0.5, 0.6) is 0 Å². The highest BCUT2D eigenvalue weighted by Crippen LogP contribution is 2.43. The second kappa shape index (κ2) is 12.3. The Labute approximate surface area is 325 Å². The molecule has 0 aliphatic rings. The number of furan rings is 2. The summed E-state index contributed by atoms with van der Waals surface area (Å²) >= 11 is 0. The van der Waals surface area contributed by atoms with Crippen LogP contribution in [0.4, 0.5) is 0 Å². The molecule has 0 amide bonds. The van der Waals surface area contributed by atoms with Crippen molar-refractivity contribution < 1.29 is 8.83 Å². The van der Waals surface area contributed by atoms with Crippen LogP contribution in [-0.2, 0) is 0 Å². The SMILES string of the molecule is c1ccc(-c2nc(-c3ccccc3)nc(-c3cccc4oc5cc(-c6cccc7oc8c(-n9c%10ccccc%10c%10ccccc%109)cccc8c67)ccc5c34)n2)cc1. The van der Waals surface area contributed by atoms with Gasteiger partial charge in [0.05, 0.1) is 16.7 Å². The Hall–Kier alpha value is -7.83. The fourth-order valence-electron chi connectivity index (χ4n) is 8.54. The van der Waals surface area contributed by atoms with Gasteiger partial charge in [-0.25, -0.2) is 15.0 Å². The zero-order chi connectivity index (χ0) is 37.5. The Morgan fingerprint density at radius 3 is 1.58 bits per heavy atom. The minimum atomic E-state index is 0.591. The van der Waals surface area contributed by atoms with Gasteiger partial charge in [0.1, 0.15) is 16.7 Å². The molecule has 0 saturated carbocycles. The number of benzene rings is 8. The van der Waals surface area contributed by atoms with E-state index in [2.05, 4.69) is 114 Å². The Balaban J connectivity index is 1.03. The molecule has 0 aliphatic heterocycles. The van der Waals surface area contributed by atoms with Gasteiger partial charge in [0.15, 0.2) is 23.1 Å². The molecule has 0 unspecified atom stereocenters. The molecule has 12 aromatic rings. The molecule has 8 aromatic carbocycles. The molecule has 4 aromatic heterocycles. The highest BCUT2D eigenvalue weighted by atomic mass is 16.3. The molecule has 0 saturated heterocycles. The summed E-state index contributed by atoms with van der Waals surface area (Å²) in [4.78, 5) is 15.0. The Kier molecular flexibility index (Phi) is 6.83. The van der Waals surface area contributed by atoms with Gasteiger partial charge in [-0.1, -0.05) is 140 Å². The minimum absolute atomic E-state index is 0.591. The maximum atomic E-state index is 6.79. The Bertz CT molecular complexity index is 3410. The maximum Gasteiger partial charge on any atom is 0.164 e. The molecule has 0 radical (unpaired) electrons. The highest BCUT2D eigenvalue weighted by Gasteiger charge is 2.21.